The first kappa shape index (κ1) is 14.5. The normalized spacial score (nSPS) is 11.6. The first-order valence-electron chi connectivity index (χ1n) is 5.19. The van der Waals surface area contributed by atoms with E-state index in [1.54, 1.807) is 0 Å². The molecule has 0 rings (SSSR count). The highest BCUT2D eigenvalue weighted by Crippen LogP contribution is 1.98. The lowest BCUT2D eigenvalue weighted by Gasteiger charge is -2.11. The molecule has 0 aliphatic rings. The molecule has 7 heteroatoms. The first-order valence-corrected chi connectivity index (χ1v) is 5.19. The third-order valence-electron chi connectivity index (χ3n) is 1.97. The number of carbonyl (C=O) groups is 1. The van der Waals surface area contributed by atoms with Gasteiger partial charge in [-0.1, -0.05) is 6.42 Å². The average Bonchev–Trinajstić information content (AvgIpc) is 2.24. The van der Waals surface area contributed by atoms with Crippen molar-refractivity contribution in [1.29, 1.82) is 0 Å². The lowest BCUT2D eigenvalue weighted by atomic mass is 10.1. The topological polar surface area (TPSA) is 129 Å². The van der Waals surface area contributed by atoms with Gasteiger partial charge in [0, 0.05) is 19.1 Å². The van der Waals surface area contributed by atoms with Gasteiger partial charge in [-0.2, -0.15) is 0 Å². The van der Waals surface area contributed by atoms with Crippen molar-refractivity contribution >= 4 is 12.1 Å². The molecule has 7 N–H and O–H groups in total. The summed E-state index contributed by atoms with van der Waals surface area (Å²) in [7, 11) is 1.32. The van der Waals surface area contributed by atoms with Crippen LogP contribution in [0.1, 0.15) is 19.3 Å². The number of amides is 1. The summed E-state index contributed by atoms with van der Waals surface area (Å²) >= 11 is 0. The van der Waals surface area contributed by atoms with E-state index in [1.165, 1.54) is 7.11 Å². The van der Waals surface area contributed by atoms with Gasteiger partial charge in [-0.05, 0) is 12.8 Å². The molecule has 0 saturated carbocycles. The SMILES string of the molecule is COC(=O)NCC(N)CCCCN=C(N)N. The molecule has 7 nitrogen and oxygen atoms in total. The van der Waals surface area contributed by atoms with E-state index in [4.69, 9.17) is 17.2 Å². The minimum Gasteiger partial charge on any atom is -0.453 e. The molecule has 0 heterocycles. The number of hydrogen-bond donors (Lipinski definition) is 4. The number of ether oxygens (including phenoxy) is 1. The van der Waals surface area contributed by atoms with Crippen molar-refractivity contribution in [3.63, 3.8) is 0 Å². The van der Waals surface area contributed by atoms with E-state index in [0.29, 0.717) is 13.1 Å². The molecule has 0 spiro atoms. The molecule has 1 unspecified atom stereocenters. The molecular formula is C9H21N5O2. The zero-order valence-electron chi connectivity index (χ0n) is 9.61. The fourth-order valence-corrected chi connectivity index (χ4v) is 1.12. The quantitative estimate of drug-likeness (QED) is 0.257. The van der Waals surface area contributed by atoms with Crippen LogP contribution in [-0.4, -0.2) is 38.3 Å². The Morgan fingerprint density at radius 3 is 2.69 bits per heavy atom. The van der Waals surface area contributed by atoms with Crippen LogP contribution < -0.4 is 22.5 Å². The third-order valence-corrected chi connectivity index (χ3v) is 1.97. The molecule has 0 fully saturated rings. The van der Waals surface area contributed by atoms with Crippen LogP contribution in [0.4, 0.5) is 4.79 Å². The minimum absolute atomic E-state index is 0.0710. The highest BCUT2D eigenvalue weighted by molar-refractivity contribution is 5.75. The summed E-state index contributed by atoms with van der Waals surface area (Å²) in [5.74, 6) is 0.108. The summed E-state index contributed by atoms with van der Waals surface area (Å²) in [6.45, 7) is 1.02. The van der Waals surface area contributed by atoms with Gasteiger partial charge >= 0.3 is 6.09 Å². The minimum atomic E-state index is -0.462. The number of rotatable bonds is 7. The largest absolute Gasteiger partial charge is 0.453 e. The Hall–Kier alpha value is -1.50. The number of alkyl carbamates (subject to hydrolysis) is 1. The predicted molar refractivity (Wildman–Crippen MR) is 62.9 cm³/mol. The molecule has 0 aliphatic heterocycles. The second kappa shape index (κ2) is 8.78. The number of hydrogen-bond acceptors (Lipinski definition) is 4. The van der Waals surface area contributed by atoms with Crippen molar-refractivity contribution < 1.29 is 9.53 Å². The highest BCUT2D eigenvalue weighted by Gasteiger charge is 2.04. The zero-order chi connectivity index (χ0) is 12.4. The van der Waals surface area contributed by atoms with Crippen LogP contribution in [0, 0.1) is 0 Å². The van der Waals surface area contributed by atoms with Gasteiger partial charge in [0.15, 0.2) is 5.96 Å². The molecule has 0 radical (unpaired) electrons. The van der Waals surface area contributed by atoms with Crippen LogP contribution in [0.2, 0.25) is 0 Å². The number of nitrogens with one attached hydrogen (secondary N) is 1. The van der Waals surface area contributed by atoms with Gasteiger partial charge in [0.2, 0.25) is 0 Å². The van der Waals surface area contributed by atoms with E-state index in [-0.39, 0.29) is 12.0 Å². The van der Waals surface area contributed by atoms with E-state index in [9.17, 15) is 4.79 Å². The lowest BCUT2D eigenvalue weighted by Crippen LogP contribution is -2.37. The maximum absolute atomic E-state index is 10.7. The van der Waals surface area contributed by atoms with Crippen LogP contribution in [0.25, 0.3) is 0 Å². The monoisotopic (exact) mass is 231 g/mol. The van der Waals surface area contributed by atoms with E-state index in [1.807, 2.05) is 0 Å². The molecular weight excluding hydrogens is 210 g/mol. The molecule has 0 aromatic rings. The number of methoxy groups -OCH3 is 1. The number of aliphatic imine (C=N–C) groups is 1. The van der Waals surface area contributed by atoms with Gasteiger partial charge in [0.25, 0.3) is 0 Å². The Kier molecular flexibility index (Phi) is 7.96. The molecule has 1 atom stereocenters. The molecule has 94 valence electrons. The Labute approximate surface area is 95.4 Å². The Balaban J connectivity index is 3.40. The summed E-state index contributed by atoms with van der Waals surface area (Å²) in [6, 6.07) is -0.0710. The fourth-order valence-electron chi connectivity index (χ4n) is 1.12. The Morgan fingerprint density at radius 2 is 2.12 bits per heavy atom. The number of carbonyl (C=O) groups excluding carboxylic acids is 1. The maximum atomic E-state index is 10.7. The van der Waals surface area contributed by atoms with Crippen molar-refractivity contribution in [2.45, 2.75) is 25.3 Å². The molecule has 0 aliphatic carbocycles. The van der Waals surface area contributed by atoms with Gasteiger partial charge in [-0.25, -0.2) is 4.79 Å². The molecule has 0 aromatic heterocycles. The van der Waals surface area contributed by atoms with E-state index >= 15 is 0 Å². The zero-order valence-corrected chi connectivity index (χ0v) is 9.61. The standard InChI is InChI=1S/C9H21N5O2/c1-16-9(15)14-6-7(10)4-2-3-5-13-8(11)12/h7H,2-6,10H2,1H3,(H,14,15)(H4,11,12,13). The predicted octanol–water partition coefficient (Wildman–Crippen LogP) is -0.887. The van der Waals surface area contributed by atoms with Gasteiger partial charge in [-0.3, -0.25) is 4.99 Å². The van der Waals surface area contributed by atoms with E-state index < -0.39 is 6.09 Å². The van der Waals surface area contributed by atoms with Crippen LogP contribution >= 0.6 is 0 Å². The molecule has 0 aromatic carbocycles. The molecule has 0 bridgehead atoms. The van der Waals surface area contributed by atoms with Crippen LogP contribution in [0.5, 0.6) is 0 Å². The van der Waals surface area contributed by atoms with E-state index in [2.05, 4.69) is 15.0 Å². The van der Waals surface area contributed by atoms with Gasteiger partial charge < -0.3 is 27.3 Å². The third kappa shape index (κ3) is 9.07. The van der Waals surface area contributed by atoms with Crippen LogP contribution in [-0.2, 0) is 4.74 Å². The first-order chi connectivity index (χ1) is 7.56. The number of unbranched alkanes of at least 4 members (excludes halogenated alkanes) is 1. The smallest absolute Gasteiger partial charge is 0.406 e. The Bertz CT molecular complexity index is 228. The number of nitrogens with two attached hydrogens (primary N) is 3. The van der Waals surface area contributed by atoms with Crippen molar-refractivity contribution in [2.24, 2.45) is 22.2 Å². The van der Waals surface area contributed by atoms with Crippen molar-refractivity contribution in [2.75, 3.05) is 20.2 Å². The van der Waals surface area contributed by atoms with E-state index in [0.717, 1.165) is 19.3 Å². The van der Waals surface area contributed by atoms with Gasteiger partial charge in [0.1, 0.15) is 0 Å². The second-order valence-corrected chi connectivity index (χ2v) is 3.43. The van der Waals surface area contributed by atoms with Crippen LogP contribution in [0.3, 0.4) is 0 Å². The fraction of sp³-hybridized carbons (Fsp3) is 0.778. The summed E-state index contributed by atoms with van der Waals surface area (Å²) in [4.78, 5) is 14.6. The average molecular weight is 231 g/mol. The lowest BCUT2D eigenvalue weighted by molar-refractivity contribution is 0.170. The molecule has 1 amide bonds. The number of guanidine groups is 1. The van der Waals surface area contributed by atoms with Crippen molar-refractivity contribution in [1.82, 2.24) is 5.32 Å². The van der Waals surface area contributed by atoms with Gasteiger partial charge in [0.05, 0.1) is 7.11 Å². The summed E-state index contributed by atoms with van der Waals surface area (Å²) in [5, 5.41) is 2.54. The summed E-state index contributed by atoms with van der Waals surface area (Å²) < 4.78 is 4.42. The van der Waals surface area contributed by atoms with Crippen molar-refractivity contribution in [3.05, 3.63) is 0 Å². The van der Waals surface area contributed by atoms with Crippen LogP contribution in [0.15, 0.2) is 4.99 Å². The highest BCUT2D eigenvalue weighted by atomic mass is 16.5. The second-order valence-electron chi connectivity index (χ2n) is 3.43. The number of nitrogens with zero attached hydrogens (tertiary/aromatic N) is 1. The summed E-state index contributed by atoms with van der Waals surface area (Å²) in [6.07, 6.45) is 2.14. The molecule has 16 heavy (non-hydrogen) atoms. The van der Waals surface area contributed by atoms with Gasteiger partial charge in [-0.15, -0.1) is 0 Å². The maximum Gasteiger partial charge on any atom is 0.406 e. The van der Waals surface area contributed by atoms with Crippen molar-refractivity contribution in [3.8, 4) is 0 Å². The summed E-state index contributed by atoms with van der Waals surface area (Å²) in [5.41, 5.74) is 16.1. The molecule has 0 saturated heterocycles. The Morgan fingerprint density at radius 1 is 1.44 bits per heavy atom.